The van der Waals surface area contributed by atoms with E-state index in [1.54, 1.807) is 37.3 Å². The van der Waals surface area contributed by atoms with Crippen LogP contribution in [0, 0.1) is 5.82 Å². The van der Waals surface area contributed by atoms with Crippen molar-refractivity contribution in [1.82, 2.24) is 34.7 Å². The molecule has 1 amide bonds. The number of pyridine rings is 1. The number of H-pyrrole nitrogens is 1. The van der Waals surface area contributed by atoms with Crippen molar-refractivity contribution in [2.24, 2.45) is 0 Å². The van der Waals surface area contributed by atoms with Crippen LogP contribution in [0.25, 0.3) is 22.3 Å². The van der Waals surface area contributed by atoms with Gasteiger partial charge in [0, 0.05) is 70.7 Å². The van der Waals surface area contributed by atoms with E-state index in [0.717, 1.165) is 22.3 Å². The quantitative estimate of drug-likeness (QED) is 0.346. The van der Waals surface area contributed by atoms with Crippen molar-refractivity contribution < 1.29 is 22.4 Å². The van der Waals surface area contributed by atoms with Crippen LogP contribution in [0.4, 0.5) is 23.4 Å². The fraction of sp³-hybridized carbons (Fsp3) is 0.370. The van der Waals surface area contributed by atoms with Crippen LogP contribution in [0.1, 0.15) is 23.5 Å². The molecular formula is C27H28F4N8O. The molecule has 1 aliphatic heterocycles. The zero-order valence-corrected chi connectivity index (χ0v) is 22.0. The number of rotatable bonds is 7. The third kappa shape index (κ3) is 6.36. The molecule has 40 heavy (non-hydrogen) atoms. The summed E-state index contributed by atoms with van der Waals surface area (Å²) in [4.78, 5) is 37.3. The number of hydrogen-bond acceptors (Lipinski definition) is 7. The Kier molecular flexibility index (Phi) is 7.66. The van der Waals surface area contributed by atoms with Crippen molar-refractivity contribution in [3.05, 3.63) is 65.8 Å². The van der Waals surface area contributed by atoms with E-state index in [4.69, 9.17) is 0 Å². The van der Waals surface area contributed by atoms with Crippen LogP contribution < -0.4 is 4.90 Å². The second-order valence-corrected chi connectivity index (χ2v) is 9.95. The van der Waals surface area contributed by atoms with E-state index < -0.39 is 24.3 Å². The molecule has 13 heteroatoms. The first-order valence-electron chi connectivity index (χ1n) is 12.7. The largest absolute Gasteiger partial charge is 0.397 e. The molecule has 1 saturated heterocycles. The van der Waals surface area contributed by atoms with E-state index in [1.165, 1.54) is 11.2 Å². The van der Waals surface area contributed by atoms with Gasteiger partial charge in [-0.2, -0.15) is 13.2 Å². The lowest BCUT2D eigenvalue weighted by molar-refractivity contribution is -0.162. The number of fused-ring (bicyclic) bond motifs is 1. The van der Waals surface area contributed by atoms with Gasteiger partial charge in [0.05, 0.1) is 11.0 Å². The van der Waals surface area contributed by atoms with Gasteiger partial charge in [0.25, 0.3) is 0 Å². The summed E-state index contributed by atoms with van der Waals surface area (Å²) in [6.45, 7) is 2.12. The molecule has 4 heterocycles. The minimum absolute atomic E-state index is 0.205. The lowest BCUT2D eigenvalue weighted by Gasteiger charge is -2.35. The highest BCUT2D eigenvalue weighted by Crippen LogP contribution is 2.28. The monoisotopic (exact) mass is 556 g/mol. The number of piperazine rings is 1. The van der Waals surface area contributed by atoms with Crippen molar-refractivity contribution in [3.8, 4) is 11.3 Å². The summed E-state index contributed by atoms with van der Waals surface area (Å²) in [5.41, 5.74) is 4.09. The topological polar surface area (TPSA) is 94.1 Å². The lowest BCUT2D eigenvalue weighted by Crippen LogP contribution is -2.49. The van der Waals surface area contributed by atoms with Gasteiger partial charge in [0.15, 0.2) is 11.6 Å². The summed E-state index contributed by atoms with van der Waals surface area (Å²) in [6.07, 6.45) is -2.41. The number of amides is 1. The molecule has 0 unspecified atom stereocenters. The molecule has 0 spiro atoms. The predicted molar refractivity (Wildman–Crippen MR) is 141 cm³/mol. The first-order valence-corrected chi connectivity index (χ1v) is 12.7. The number of aromatic amines is 1. The average Bonchev–Trinajstić information content (AvgIpc) is 3.29. The van der Waals surface area contributed by atoms with Crippen LogP contribution >= 0.6 is 0 Å². The summed E-state index contributed by atoms with van der Waals surface area (Å²) in [6, 6.07) is 9.25. The highest BCUT2D eigenvalue weighted by atomic mass is 19.4. The molecular weight excluding hydrogens is 528 g/mol. The van der Waals surface area contributed by atoms with Crippen LogP contribution in [0.5, 0.6) is 0 Å². The third-order valence-corrected chi connectivity index (χ3v) is 6.71. The summed E-state index contributed by atoms with van der Waals surface area (Å²) in [7, 11) is 3.43. The zero-order chi connectivity index (χ0) is 28.4. The van der Waals surface area contributed by atoms with Crippen molar-refractivity contribution in [1.29, 1.82) is 0 Å². The van der Waals surface area contributed by atoms with Crippen molar-refractivity contribution in [2.45, 2.75) is 25.6 Å². The smallest absolute Gasteiger partial charge is 0.360 e. The maximum atomic E-state index is 15.0. The Hall–Kier alpha value is -4.13. The van der Waals surface area contributed by atoms with Gasteiger partial charge in [-0.3, -0.25) is 14.7 Å². The molecule has 5 rings (SSSR count). The second-order valence-electron chi connectivity index (χ2n) is 9.95. The van der Waals surface area contributed by atoms with E-state index >= 15 is 0 Å². The number of nitrogens with zero attached hydrogens (tertiary/aromatic N) is 7. The number of nitrogens with one attached hydrogen (secondary N) is 1. The minimum Gasteiger partial charge on any atom is -0.360 e. The van der Waals surface area contributed by atoms with E-state index in [9.17, 15) is 22.4 Å². The number of hydrogen-bond donors (Lipinski definition) is 1. The van der Waals surface area contributed by atoms with E-state index in [-0.39, 0.29) is 24.6 Å². The number of anilines is 1. The normalized spacial score (nSPS) is 14.6. The summed E-state index contributed by atoms with van der Waals surface area (Å²) < 4.78 is 52.5. The fourth-order valence-corrected chi connectivity index (χ4v) is 4.76. The first-order chi connectivity index (χ1) is 19.1. The number of carbonyl (C=O) groups is 1. The average molecular weight is 557 g/mol. The molecule has 0 bridgehead atoms. The van der Waals surface area contributed by atoms with Crippen molar-refractivity contribution >= 4 is 22.8 Å². The van der Waals surface area contributed by atoms with Gasteiger partial charge >= 0.3 is 6.18 Å². The number of alkyl halides is 3. The van der Waals surface area contributed by atoms with Gasteiger partial charge in [-0.1, -0.05) is 6.07 Å². The van der Waals surface area contributed by atoms with E-state index in [1.807, 2.05) is 18.2 Å². The maximum Gasteiger partial charge on any atom is 0.397 e. The Morgan fingerprint density at radius 3 is 2.55 bits per heavy atom. The predicted octanol–water partition coefficient (Wildman–Crippen LogP) is 3.81. The van der Waals surface area contributed by atoms with Crippen LogP contribution in [-0.4, -0.2) is 87.1 Å². The summed E-state index contributed by atoms with van der Waals surface area (Å²) in [5, 5.41) is 0. The number of halogens is 4. The highest BCUT2D eigenvalue weighted by molar-refractivity contribution is 5.81. The van der Waals surface area contributed by atoms with Gasteiger partial charge < -0.3 is 14.8 Å². The van der Waals surface area contributed by atoms with Gasteiger partial charge in [0.2, 0.25) is 5.91 Å². The SMILES string of the molecule is CN(C)c1ncnc(-c2ccc3nc(Cc4cc(CN5CCN(C(=O)CC(F)(F)F)CC5)ccn4)[nH]c3c2)c1F. The fourth-order valence-electron chi connectivity index (χ4n) is 4.76. The van der Waals surface area contributed by atoms with E-state index in [0.29, 0.717) is 37.4 Å². The van der Waals surface area contributed by atoms with Crippen LogP contribution in [0.2, 0.25) is 0 Å². The van der Waals surface area contributed by atoms with Gasteiger partial charge in [0.1, 0.15) is 24.3 Å². The van der Waals surface area contributed by atoms with Crippen LogP contribution in [0.15, 0.2) is 42.9 Å². The Balaban J connectivity index is 1.24. The molecule has 0 atom stereocenters. The minimum atomic E-state index is -4.49. The zero-order valence-electron chi connectivity index (χ0n) is 22.0. The Labute approximate surface area is 227 Å². The number of carbonyl (C=O) groups excluding carboxylic acids is 1. The molecule has 1 N–H and O–H groups in total. The molecule has 0 saturated carbocycles. The molecule has 3 aromatic heterocycles. The molecule has 4 aromatic rings. The van der Waals surface area contributed by atoms with Crippen molar-refractivity contribution in [3.63, 3.8) is 0 Å². The first kappa shape index (κ1) is 27.4. The Morgan fingerprint density at radius 2 is 1.82 bits per heavy atom. The van der Waals surface area contributed by atoms with Gasteiger partial charge in [-0.15, -0.1) is 0 Å². The van der Waals surface area contributed by atoms with Crippen LogP contribution in [0.3, 0.4) is 0 Å². The number of imidazole rings is 1. The Morgan fingerprint density at radius 1 is 1.05 bits per heavy atom. The van der Waals surface area contributed by atoms with Gasteiger partial charge in [-0.05, 0) is 29.8 Å². The van der Waals surface area contributed by atoms with E-state index in [2.05, 4.69) is 29.8 Å². The molecule has 0 aliphatic carbocycles. The molecule has 210 valence electrons. The maximum absolute atomic E-state index is 15.0. The summed E-state index contributed by atoms with van der Waals surface area (Å²) in [5.74, 6) is -0.470. The number of aromatic nitrogens is 5. The third-order valence-electron chi connectivity index (χ3n) is 6.71. The molecule has 1 aromatic carbocycles. The highest BCUT2D eigenvalue weighted by Gasteiger charge is 2.34. The van der Waals surface area contributed by atoms with Crippen molar-refractivity contribution in [2.75, 3.05) is 45.2 Å². The molecule has 0 radical (unpaired) electrons. The molecule has 9 nitrogen and oxygen atoms in total. The molecule has 1 fully saturated rings. The standard InChI is InChI=1S/C27H28F4N8O/c1-37(2)26-24(28)25(33-16-34-26)18-3-4-20-21(12-18)36-22(35-20)13-19-11-17(5-6-32-19)15-38-7-9-39(10-8-38)23(40)14-27(29,30)31/h3-6,11-12,16H,7-10,13-15H2,1-2H3,(H,35,36). The second kappa shape index (κ2) is 11.2. The van der Waals surface area contributed by atoms with Gasteiger partial charge in [-0.25, -0.2) is 19.3 Å². The molecule has 1 aliphatic rings. The summed E-state index contributed by atoms with van der Waals surface area (Å²) >= 11 is 0. The van der Waals surface area contributed by atoms with Crippen LogP contribution in [-0.2, 0) is 17.8 Å². The number of benzene rings is 1. The Bertz CT molecular complexity index is 1510. The lowest BCUT2D eigenvalue weighted by atomic mass is 10.1.